The molecule has 6 nitrogen and oxygen atoms in total. The van der Waals surface area contributed by atoms with Gasteiger partial charge in [0, 0.05) is 64.2 Å². The second kappa shape index (κ2) is 10.5. The van der Waals surface area contributed by atoms with Crippen molar-refractivity contribution < 1.29 is 12.8 Å². The molecule has 1 unspecified atom stereocenters. The fourth-order valence-electron chi connectivity index (χ4n) is 4.31. The Bertz CT molecular complexity index is 1180. The van der Waals surface area contributed by atoms with E-state index < -0.39 is 15.8 Å². The Morgan fingerprint density at radius 2 is 1.50 bits per heavy atom. The van der Waals surface area contributed by atoms with Gasteiger partial charge in [-0.15, -0.1) is 0 Å². The molecule has 0 bridgehead atoms. The van der Waals surface area contributed by atoms with Crippen molar-refractivity contribution >= 4 is 21.4 Å². The van der Waals surface area contributed by atoms with E-state index in [4.69, 9.17) is 0 Å². The molecule has 1 aliphatic rings. The molecule has 0 amide bonds. The largest absolute Gasteiger partial charge is 0.378 e. The molecule has 1 fully saturated rings. The average molecular weight is 483 g/mol. The van der Waals surface area contributed by atoms with E-state index in [0.717, 1.165) is 43.5 Å². The standard InChI is InChI=1S/C26H31FN4O2S/c1-29(2)22-14-12-21(13-15-22)25(20-28-34(32,33)26-11-7-6-10-24(26)27)31-18-16-30(17-19-31)23-8-4-3-5-9-23/h3-15,25,28H,16-20H2,1-2H3. The zero-order valence-electron chi connectivity index (χ0n) is 19.6. The van der Waals surface area contributed by atoms with Crippen LogP contribution >= 0.6 is 0 Å². The summed E-state index contributed by atoms with van der Waals surface area (Å²) >= 11 is 0. The van der Waals surface area contributed by atoms with Crippen LogP contribution in [0.15, 0.2) is 83.8 Å². The van der Waals surface area contributed by atoms with Crippen LogP contribution < -0.4 is 14.5 Å². The van der Waals surface area contributed by atoms with Gasteiger partial charge in [-0.2, -0.15) is 0 Å². The smallest absolute Gasteiger partial charge is 0.243 e. The number of anilines is 2. The second-order valence-corrected chi connectivity index (χ2v) is 10.4. The fraction of sp³-hybridized carbons (Fsp3) is 0.308. The van der Waals surface area contributed by atoms with Crippen LogP contribution in [-0.2, 0) is 10.0 Å². The van der Waals surface area contributed by atoms with Crippen LogP contribution in [0.5, 0.6) is 0 Å². The Morgan fingerprint density at radius 1 is 0.882 bits per heavy atom. The Morgan fingerprint density at radius 3 is 2.12 bits per heavy atom. The second-order valence-electron chi connectivity index (χ2n) is 8.64. The molecule has 0 saturated carbocycles. The summed E-state index contributed by atoms with van der Waals surface area (Å²) in [5, 5.41) is 0. The van der Waals surface area contributed by atoms with E-state index in [9.17, 15) is 12.8 Å². The van der Waals surface area contributed by atoms with Crippen LogP contribution in [0.1, 0.15) is 11.6 Å². The van der Waals surface area contributed by atoms with Crippen LogP contribution in [-0.4, -0.2) is 60.1 Å². The molecule has 4 rings (SSSR count). The third kappa shape index (κ3) is 5.58. The Labute approximate surface area is 201 Å². The van der Waals surface area contributed by atoms with Crippen molar-refractivity contribution in [2.24, 2.45) is 0 Å². The molecule has 0 spiro atoms. The van der Waals surface area contributed by atoms with Gasteiger partial charge in [0.2, 0.25) is 10.0 Å². The molecule has 3 aromatic rings. The Balaban J connectivity index is 1.53. The van der Waals surface area contributed by atoms with Crippen molar-refractivity contribution in [3.63, 3.8) is 0 Å². The molecule has 0 aromatic heterocycles. The average Bonchev–Trinajstić information content (AvgIpc) is 2.85. The highest BCUT2D eigenvalue weighted by Gasteiger charge is 2.28. The van der Waals surface area contributed by atoms with Gasteiger partial charge in [-0.25, -0.2) is 17.5 Å². The van der Waals surface area contributed by atoms with Crippen LogP contribution in [0.25, 0.3) is 0 Å². The summed E-state index contributed by atoms with van der Waals surface area (Å²) in [6, 6.07) is 23.7. The highest BCUT2D eigenvalue weighted by Crippen LogP contribution is 2.26. The molecule has 1 saturated heterocycles. The van der Waals surface area contributed by atoms with Gasteiger partial charge in [0.05, 0.1) is 0 Å². The third-order valence-electron chi connectivity index (χ3n) is 6.26. The lowest BCUT2D eigenvalue weighted by Crippen LogP contribution is -2.50. The highest BCUT2D eigenvalue weighted by atomic mass is 32.2. The van der Waals surface area contributed by atoms with Gasteiger partial charge in [-0.3, -0.25) is 4.90 Å². The third-order valence-corrected chi connectivity index (χ3v) is 7.72. The van der Waals surface area contributed by atoms with Gasteiger partial charge in [0.15, 0.2) is 0 Å². The number of halogens is 1. The Kier molecular flexibility index (Phi) is 7.50. The fourth-order valence-corrected chi connectivity index (χ4v) is 5.43. The van der Waals surface area contributed by atoms with E-state index >= 15 is 0 Å². The minimum atomic E-state index is -3.98. The highest BCUT2D eigenvalue weighted by molar-refractivity contribution is 7.89. The number of para-hydroxylation sites is 1. The molecular weight excluding hydrogens is 451 g/mol. The van der Waals surface area contributed by atoms with E-state index in [2.05, 4.69) is 26.7 Å². The molecule has 1 heterocycles. The molecule has 1 N–H and O–H groups in total. The van der Waals surface area contributed by atoms with Gasteiger partial charge in [0.1, 0.15) is 10.7 Å². The molecule has 1 atom stereocenters. The number of nitrogens with one attached hydrogen (secondary N) is 1. The van der Waals surface area contributed by atoms with Crippen molar-refractivity contribution in [1.82, 2.24) is 9.62 Å². The zero-order chi connectivity index (χ0) is 24.1. The number of nitrogens with zero attached hydrogens (tertiary/aromatic N) is 3. The summed E-state index contributed by atoms with van der Waals surface area (Å²) in [6.07, 6.45) is 0. The van der Waals surface area contributed by atoms with Crippen LogP contribution in [0, 0.1) is 5.82 Å². The summed E-state index contributed by atoms with van der Waals surface area (Å²) < 4.78 is 42.6. The lowest BCUT2D eigenvalue weighted by Gasteiger charge is -2.40. The van der Waals surface area contributed by atoms with Gasteiger partial charge >= 0.3 is 0 Å². The summed E-state index contributed by atoms with van der Waals surface area (Å²) in [5.41, 5.74) is 3.28. The maximum absolute atomic E-state index is 14.2. The molecule has 0 aliphatic carbocycles. The van der Waals surface area contributed by atoms with E-state index in [1.165, 1.54) is 23.9 Å². The first-order valence-corrected chi connectivity index (χ1v) is 12.9. The molecular formula is C26H31FN4O2S. The van der Waals surface area contributed by atoms with Gasteiger partial charge in [-0.1, -0.05) is 42.5 Å². The Hall–Kier alpha value is -2.94. The first kappa shape index (κ1) is 24.2. The van der Waals surface area contributed by atoms with E-state index in [-0.39, 0.29) is 17.5 Å². The maximum Gasteiger partial charge on any atom is 0.243 e. The zero-order valence-corrected chi connectivity index (χ0v) is 20.4. The predicted octanol–water partition coefficient (Wildman–Crippen LogP) is 3.73. The summed E-state index contributed by atoms with van der Waals surface area (Å²) in [4.78, 5) is 6.34. The van der Waals surface area contributed by atoms with Gasteiger partial charge in [-0.05, 0) is 42.0 Å². The van der Waals surface area contributed by atoms with E-state index in [1.807, 2.05) is 61.5 Å². The predicted molar refractivity (Wildman–Crippen MR) is 135 cm³/mol. The van der Waals surface area contributed by atoms with Crippen molar-refractivity contribution in [3.05, 3.63) is 90.2 Å². The number of hydrogen-bond donors (Lipinski definition) is 1. The van der Waals surface area contributed by atoms with Gasteiger partial charge < -0.3 is 9.80 Å². The number of hydrogen-bond acceptors (Lipinski definition) is 5. The van der Waals surface area contributed by atoms with Crippen molar-refractivity contribution in [2.75, 3.05) is 56.6 Å². The van der Waals surface area contributed by atoms with Crippen molar-refractivity contribution in [2.45, 2.75) is 10.9 Å². The van der Waals surface area contributed by atoms with E-state index in [0.29, 0.717) is 0 Å². The molecule has 180 valence electrons. The molecule has 1 aliphatic heterocycles. The molecule has 0 radical (unpaired) electrons. The number of rotatable bonds is 8. The first-order chi connectivity index (χ1) is 16.3. The van der Waals surface area contributed by atoms with Crippen molar-refractivity contribution in [3.8, 4) is 0 Å². The minimum absolute atomic E-state index is 0.156. The van der Waals surface area contributed by atoms with Gasteiger partial charge in [0.25, 0.3) is 0 Å². The summed E-state index contributed by atoms with van der Waals surface area (Å²) in [7, 11) is -0.0104. The topological polar surface area (TPSA) is 55.9 Å². The maximum atomic E-state index is 14.2. The van der Waals surface area contributed by atoms with Crippen LogP contribution in [0.2, 0.25) is 0 Å². The number of benzene rings is 3. The lowest BCUT2D eigenvalue weighted by molar-refractivity contribution is 0.187. The van der Waals surface area contributed by atoms with Crippen LogP contribution in [0.3, 0.4) is 0 Å². The SMILES string of the molecule is CN(C)c1ccc(C(CNS(=O)(=O)c2ccccc2F)N2CCN(c3ccccc3)CC2)cc1. The quantitative estimate of drug-likeness (QED) is 0.530. The number of sulfonamides is 1. The van der Waals surface area contributed by atoms with Crippen LogP contribution in [0.4, 0.5) is 15.8 Å². The lowest BCUT2D eigenvalue weighted by atomic mass is 10.0. The van der Waals surface area contributed by atoms with Crippen molar-refractivity contribution in [1.29, 1.82) is 0 Å². The van der Waals surface area contributed by atoms with E-state index in [1.54, 1.807) is 0 Å². The normalized spacial score (nSPS) is 15.8. The first-order valence-electron chi connectivity index (χ1n) is 11.4. The summed E-state index contributed by atoms with van der Waals surface area (Å²) in [6.45, 7) is 3.42. The number of piperazine rings is 1. The monoisotopic (exact) mass is 482 g/mol. The molecule has 8 heteroatoms. The summed E-state index contributed by atoms with van der Waals surface area (Å²) in [5.74, 6) is -0.752. The minimum Gasteiger partial charge on any atom is -0.378 e. The molecule has 34 heavy (non-hydrogen) atoms. The molecule has 3 aromatic carbocycles.